The first-order chi connectivity index (χ1) is 7.74. The molecule has 92 valence electrons. The van der Waals surface area contributed by atoms with E-state index >= 15 is 0 Å². The van der Waals surface area contributed by atoms with Gasteiger partial charge in [0.1, 0.15) is 5.75 Å². The van der Waals surface area contributed by atoms with Crippen LogP contribution in [0.1, 0.15) is 5.56 Å². The van der Waals surface area contributed by atoms with Crippen LogP contribution in [0.3, 0.4) is 0 Å². The van der Waals surface area contributed by atoms with Crippen molar-refractivity contribution in [2.24, 2.45) is 12.8 Å². The zero-order valence-electron chi connectivity index (χ0n) is 9.88. The highest BCUT2D eigenvalue weighted by molar-refractivity contribution is 5.85. The number of aromatic nitrogens is 2. The van der Waals surface area contributed by atoms with Crippen molar-refractivity contribution in [3.05, 3.63) is 36.0 Å². The third-order valence-corrected chi connectivity index (χ3v) is 2.55. The van der Waals surface area contributed by atoms with E-state index in [2.05, 4.69) is 11.2 Å². The number of aryl methyl sites for hydroxylation is 1. The number of nitrogens with zero attached hydrogens (tertiary/aromatic N) is 2. The number of hydrogen-bond acceptors (Lipinski definition) is 3. The van der Waals surface area contributed by atoms with Crippen LogP contribution in [0.4, 0.5) is 0 Å². The van der Waals surface area contributed by atoms with Gasteiger partial charge >= 0.3 is 0 Å². The van der Waals surface area contributed by atoms with E-state index in [1.54, 1.807) is 13.3 Å². The number of ether oxygens (including phenoxy) is 1. The van der Waals surface area contributed by atoms with E-state index in [1.165, 1.54) is 0 Å². The lowest BCUT2D eigenvalue weighted by Gasteiger charge is -2.08. The predicted molar refractivity (Wildman–Crippen MR) is 70.3 cm³/mol. The lowest BCUT2D eigenvalue weighted by Crippen LogP contribution is -1.99. The average Bonchev–Trinajstić information content (AvgIpc) is 2.74. The molecular weight excluding hydrogens is 238 g/mol. The van der Waals surface area contributed by atoms with Crippen LogP contribution in [0, 0.1) is 0 Å². The summed E-state index contributed by atoms with van der Waals surface area (Å²) in [6.07, 6.45) is 1.77. The van der Waals surface area contributed by atoms with Gasteiger partial charge in [0, 0.05) is 25.4 Å². The quantitative estimate of drug-likeness (QED) is 0.910. The summed E-state index contributed by atoms with van der Waals surface area (Å²) >= 11 is 0. The van der Waals surface area contributed by atoms with Gasteiger partial charge in [-0.1, -0.05) is 0 Å². The van der Waals surface area contributed by atoms with Crippen LogP contribution in [0.2, 0.25) is 0 Å². The van der Waals surface area contributed by atoms with E-state index in [1.807, 2.05) is 29.9 Å². The molecule has 0 atom stereocenters. The Balaban J connectivity index is 0.00000144. The molecular formula is C12H16ClN3O. The molecule has 0 radical (unpaired) electrons. The Morgan fingerprint density at radius 1 is 1.35 bits per heavy atom. The van der Waals surface area contributed by atoms with Crippen LogP contribution in [-0.4, -0.2) is 16.9 Å². The van der Waals surface area contributed by atoms with Gasteiger partial charge in [0.05, 0.1) is 12.8 Å². The van der Waals surface area contributed by atoms with Crippen molar-refractivity contribution in [1.82, 2.24) is 9.78 Å². The minimum atomic E-state index is 0. The molecule has 4 nitrogen and oxygen atoms in total. The number of rotatable bonds is 3. The van der Waals surface area contributed by atoms with Crippen molar-refractivity contribution in [3.63, 3.8) is 0 Å². The summed E-state index contributed by atoms with van der Waals surface area (Å²) in [5.41, 5.74) is 8.83. The molecule has 0 aliphatic heterocycles. The van der Waals surface area contributed by atoms with E-state index in [-0.39, 0.29) is 12.4 Å². The Morgan fingerprint density at radius 3 is 2.65 bits per heavy atom. The standard InChI is InChI=1S/C12H15N3O.ClH/c1-15-12(3-4-14-15)10-5-9(8-13)6-11(7-10)16-2;/h3-7H,8,13H2,1-2H3;1H. The van der Waals surface area contributed by atoms with Crippen LogP contribution in [0.5, 0.6) is 5.75 Å². The molecule has 1 aromatic heterocycles. The van der Waals surface area contributed by atoms with Crippen LogP contribution in [0.25, 0.3) is 11.3 Å². The summed E-state index contributed by atoms with van der Waals surface area (Å²) in [5, 5.41) is 4.15. The van der Waals surface area contributed by atoms with Gasteiger partial charge < -0.3 is 10.5 Å². The van der Waals surface area contributed by atoms with E-state index in [4.69, 9.17) is 10.5 Å². The van der Waals surface area contributed by atoms with Crippen molar-refractivity contribution < 1.29 is 4.74 Å². The van der Waals surface area contributed by atoms with Crippen molar-refractivity contribution in [3.8, 4) is 17.0 Å². The largest absolute Gasteiger partial charge is 0.497 e. The average molecular weight is 254 g/mol. The second-order valence-corrected chi connectivity index (χ2v) is 3.61. The number of benzene rings is 1. The Kier molecular flexibility index (Phi) is 4.54. The van der Waals surface area contributed by atoms with Crippen molar-refractivity contribution in [1.29, 1.82) is 0 Å². The van der Waals surface area contributed by atoms with Gasteiger partial charge in [-0.15, -0.1) is 12.4 Å². The molecule has 0 spiro atoms. The van der Waals surface area contributed by atoms with Crippen molar-refractivity contribution >= 4 is 12.4 Å². The maximum atomic E-state index is 5.66. The van der Waals surface area contributed by atoms with E-state index < -0.39 is 0 Å². The molecule has 0 bridgehead atoms. The molecule has 0 aliphatic carbocycles. The lowest BCUT2D eigenvalue weighted by molar-refractivity contribution is 0.414. The number of halogens is 1. The molecule has 2 rings (SSSR count). The fourth-order valence-corrected chi connectivity index (χ4v) is 1.70. The van der Waals surface area contributed by atoms with Crippen LogP contribution < -0.4 is 10.5 Å². The van der Waals surface area contributed by atoms with Gasteiger partial charge in [-0.05, 0) is 29.8 Å². The van der Waals surface area contributed by atoms with E-state index in [0.717, 1.165) is 22.6 Å². The van der Waals surface area contributed by atoms with Gasteiger partial charge in [0.2, 0.25) is 0 Å². The molecule has 0 saturated heterocycles. The van der Waals surface area contributed by atoms with Crippen LogP contribution in [-0.2, 0) is 13.6 Å². The normalized spacial score (nSPS) is 9.82. The number of nitrogens with two attached hydrogens (primary N) is 1. The monoisotopic (exact) mass is 253 g/mol. The first-order valence-electron chi connectivity index (χ1n) is 5.11. The van der Waals surface area contributed by atoms with Crippen molar-refractivity contribution in [2.75, 3.05) is 7.11 Å². The highest BCUT2D eigenvalue weighted by atomic mass is 35.5. The molecule has 1 aromatic carbocycles. The Labute approximate surface area is 107 Å². The SMILES string of the molecule is COc1cc(CN)cc(-c2ccnn2C)c1.Cl. The third-order valence-electron chi connectivity index (χ3n) is 2.55. The lowest BCUT2D eigenvalue weighted by atomic mass is 10.1. The van der Waals surface area contributed by atoms with Gasteiger partial charge in [0.25, 0.3) is 0 Å². The van der Waals surface area contributed by atoms with Crippen LogP contribution in [0.15, 0.2) is 30.5 Å². The zero-order chi connectivity index (χ0) is 11.5. The second-order valence-electron chi connectivity index (χ2n) is 3.61. The molecule has 0 saturated carbocycles. The van der Waals surface area contributed by atoms with Gasteiger partial charge in [0.15, 0.2) is 0 Å². The summed E-state index contributed by atoms with van der Waals surface area (Å²) in [5.74, 6) is 0.819. The molecule has 1 heterocycles. The third kappa shape index (κ3) is 2.78. The topological polar surface area (TPSA) is 53.1 Å². The Bertz CT molecular complexity index is 474. The van der Waals surface area contributed by atoms with E-state index in [0.29, 0.717) is 6.54 Å². The Morgan fingerprint density at radius 2 is 2.12 bits per heavy atom. The predicted octanol–water partition coefficient (Wildman–Crippen LogP) is 1.98. The zero-order valence-corrected chi connectivity index (χ0v) is 10.7. The van der Waals surface area contributed by atoms with E-state index in [9.17, 15) is 0 Å². The number of hydrogen-bond donors (Lipinski definition) is 1. The number of methoxy groups -OCH3 is 1. The summed E-state index contributed by atoms with van der Waals surface area (Å²) in [6, 6.07) is 7.95. The summed E-state index contributed by atoms with van der Waals surface area (Å²) in [7, 11) is 3.57. The first-order valence-corrected chi connectivity index (χ1v) is 5.11. The maximum Gasteiger partial charge on any atom is 0.119 e. The fourth-order valence-electron chi connectivity index (χ4n) is 1.70. The second kappa shape index (κ2) is 5.70. The molecule has 17 heavy (non-hydrogen) atoms. The summed E-state index contributed by atoms with van der Waals surface area (Å²) in [6.45, 7) is 0.502. The highest BCUT2D eigenvalue weighted by Crippen LogP contribution is 2.25. The highest BCUT2D eigenvalue weighted by Gasteiger charge is 2.06. The van der Waals surface area contributed by atoms with Gasteiger partial charge in [-0.25, -0.2) is 0 Å². The molecule has 0 amide bonds. The van der Waals surface area contributed by atoms with Gasteiger partial charge in [-0.2, -0.15) is 5.10 Å². The first kappa shape index (κ1) is 13.5. The smallest absolute Gasteiger partial charge is 0.119 e. The van der Waals surface area contributed by atoms with Gasteiger partial charge in [-0.3, -0.25) is 4.68 Å². The molecule has 5 heteroatoms. The molecule has 2 N–H and O–H groups in total. The molecule has 2 aromatic rings. The van der Waals surface area contributed by atoms with Crippen LogP contribution >= 0.6 is 12.4 Å². The summed E-state index contributed by atoms with van der Waals surface area (Å²) in [4.78, 5) is 0. The summed E-state index contributed by atoms with van der Waals surface area (Å²) < 4.78 is 7.08. The molecule has 0 fully saturated rings. The minimum absolute atomic E-state index is 0. The maximum absolute atomic E-state index is 5.66. The molecule has 0 aliphatic rings. The fraction of sp³-hybridized carbons (Fsp3) is 0.250. The Hall–Kier alpha value is -1.52. The van der Waals surface area contributed by atoms with Crippen molar-refractivity contribution in [2.45, 2.75) is 6.54 Å². The molecule has 0 unspecified atom stereocenters. The minimum Gasteiger partial charge on any atom is -0.497 e.